The summed E-state index contributed by atoms with van der Waals surface area (Å²) in [6.45, 7) is 5.46. The van der Waals surface area contributed by atoms with E-state index in [0.717, 1.165) is 5.56 Å². The van der Waals surface area contributed by atoms with Crippen molar-refractivity contribution in [2.24, 2.45) is 0 Å². The Labute approximate surface area is 146 Å². The molecule has 0 bridgehead atoms. The molecule has 1 aliphatic rings. The van der Waals surface area contributed by atoms with Crippen LogP contribution >= 0.6 is 0 Å². The van der Waals surface area contributed by atoms with Crippen LogP contribution < -0.4 is 0 Å². The van der Waals surface area contributed by atoms with E-state index in [1.54, 1.807) is 6.92 Å². The van der Waals surface area contributed by atoms with E-state index in [1.165, 1.54) is 20.8 Å². The summed E-state index contributed by atoms with van der Waals surface area (Å²) in [4.78, 5) is 34.6. The molecule has 5 atom stereocenters. The predicted molar refractivity (Wildman–Crippen MR) is 86.4 cm³/mol. The van der Waals surface area contributed by atoms with Crippen LogP contribution in [-0.4, -0.2) is 42.3 Å². The van der Waals surface area contributed by atoms with Crippen molar-refractivity contribution < 1.29 is 33.3 Å². The number of ether oxygens (including phenoxy) is 4. The lowest BCUT2D eigenvalue weighted by Crippen LogP contribution is -2.57. The van der Waals surface area contributed by atoms with Gasteiger partial charge >= 0.3 is 17.9 Å². The Kier molecular flexibility index (Phi) is 6.14. The first-order chi connectivity index (χ1) is 11.8. The third-order valence-electron chi connectivity index (χ3n) is 3.80. The predicted octanol–water partition coefficient (Wildman–Crippen LogP) is 1.94. The van der Waals surface area contributed by atoms with Gasteiger partial charge in [-0.2, -0.15) is 0 Å². The highest BCUT2D eigenvalue weighted by molar-refractivity contribution is 5.68. The van der Waals surface area contributed by atoms with Crippen LogP contribution in [-0.2, 0) is 33.3 Å². The van der Waals surface area contributed by atoms with Gasteiger partial charge in [0.15, 0.2) is 18.3 Å². The number of hydrogen-bond donors (Lipinski definition) is 0. The summed E-state index contributed by atoms with van der Waals surface area (Å²) in [5.41, 5.74) is 0.763. The Hall–Kier alpha value is -2.41. The molecule has 0 aliphatic carbocycles. The smallest absolute Gasteiger partial charge is 0.303 e. The summed E-state index contributed by atoms with van der Waals surface area (Å²) in [6, 6.07) is 9.15. The van der Waals surface area contributed by atoms with Crippen LogP contribution in [0.2, 0.25) is 0 Å². The zero-order chi connectivity index (χ0) is 18.6. The zero-order valence-corrected chi connectivity index (χ0v) is 14.6. The molecule has 0 spiro atoms. The van der Waals surface area contributed by atoms with Gasteiger partial charge in [-0.15, -0.1) is 0 Å². The zero-order valence-electron chi connectivity index (χ0n) is 14.6. The number of esters is 3. The van der Waals surface area contributed by atoms with E-state index in [4.69, 9.17) is 18.9 Å². The van der Waals surface area contributed by atoms with Gasteiger partial charge < -0.3 is 18.9 Å². The van der Waals surface area contributed by atoms with Gasteiger partial charge in [0.2, 0.25) is 0 Å². The van der Waals surface area contributed by atoms with Crippen molar-refractivity contribution in [3.8, 4) is 0 Å². The fraction of sp³-hybridized carbons (Fsp3) is 0.500. The molecule has 0 unspecified atom stereocenters. The average molecular weight is 350 g/mol. The fourth-order valence-corrected chi connectivity index (χ4v) is 2.92. The molecule has 1 heterocycles. The number of rotatable bonds is 4. The Balaban J connectivity index is 2.42. The van der Waals surface area contributed by atoms with Gasteiger partial charge in [0, 0.05) is 20.8 Å². The summed E-state index contributed by atoms with van der Waals surface area (Å²) in [5.74, 6) is -1.67. The molecule has 0 N–H and O–H groups in total. The maximum Gasteiger partial charge on any atom is 0.303 e. The van der Waals surface area contributed by atoms with E-state index >= 15 is 0 Å². The molecule has 0 amide bonds. The first kappa shape index (κ1) is 18.9. The fourth-order valence-electron chi connectivity index (χ4n) is 2.92. The molecule has 0 aromatic heterocycles. The van der Waals surface area contributed by atoms with Crippen molar-refractivity contribution in [1.29, 1.82) is 0 Å². The molecule has 0 saturated carbocycles. The summed E-state index contributed by atoms with van der Waals surface area (Å²) < 4.78 is 22.0. The molecule has 0 radical (unpaired) electrons. The van der Waals surface area contributed by atoms with Gasteiger partial charge in [-0.3, -0.25) is 14.4 Å². The minimum Gasteiger partial charge on any atom is -0.456 e. The molecule has 25 heavy (non-hydrogen) atoms. The monoisotopic (exact) mass is 350 g/mol. The van der Waals surface area contributed by atoms with Crippen LogP contribution in [0.5, 0.6) is 0 Å². The maximum absolute atomic E-state index is 11.6. The van der Waals surface area contributed by atoms with Crippen molar-refractivity contribution in [2.75, 3.05) is 0 Å². The molecule has 7 nitrogen and oxygen atoms in total. The van der Waals surface area contributed by atoms with E-state index in [9.17, 15) is 14.4 Å². The summed E-state index contributed by atoms with van der Waals surface area (Å²) in [5, 5.41) is 0. The lowest BCUT2D eigenvalue weighted by molar-refractivity contribution is -0.245. The van der Waals surface area contributed by atoms with Crippen molar-refractivity contribution in [2.45, 2.75) is 58.2 Å². The topological polar surface area (TPSA) is 88.1 Å². The largest absolute Gasteiger partial charge is 0.456 e. The molecule has 1 aliphatic heterocycles. The normalized spacial score (nSPS) is 28.7. The lowest BCUT2D eigenvalue weighted by atomic mass is 9.91. The number of benzene rings is 1. The third kappa shape index (κ3) is 4.79. The van der Waals surface area contributed by atoms with Crippen LogP contribution in [0.4, 0.5) is 0 Å². The highest BCUT2D eigenvalue weighted by Gasteiger charge is 2.50. The van der Waals surface area contributed by atoms with Gasteiger partial charge in [0.1, 0.15) is 6.10 Å². The van der Waals surface area contributed by atoms with Crippen molar-refractivity contribution in [1.82, 2.24) is 0 Å². The van der Waals surface area contributed by atoms with Gasteiger partial charge in [-0.25, -0.2) is 0 Å². The molecule has 2 rings (SSSR count). The molecular formula is C18H22O7. The molecule has 1 fully saturated rings. The van der Waals surface area contributed by atoms with Crippen LogP contribution in [0.15, 0.2) is 30.3 Å². The van der Waals surface area contributed by atoms with Gasteiger partial charge in [0.05, 0.1) is 6.10 Å². The summed E-state index contributed by atoms with van der Waals surface area (Å²) >= 11 is 0. The van der Waals surface area contributed by atoms with Crippen LogP contribution in [0, 0.1) is 0 Å². The van der Waals surface area contributed by atoms with Crippen LogP contribution in [0.3, 0.4) is 0 Å². The molecule has 136 valence electrons. The second-order valence-electron chi connectivity index (χ2n) is 5.89. The molecule has 1 aromatic rings. The second kappa shape index (κ2) is 8.11. The van der Waals surface area contributed by atoms with E-state index in [-0.39, 0.29) is 0 Å². The molecular weight excluding hydrogens is 328 g/mol. The minimum absolute atomic E-state index is 0.544. The van der Waals surface area contributed by atoms with E-state index in [2.05, 4.69) is 0 Å². The van der Waals surface area contributed by atoms with E-state index in [0.29, 0.717) is 0 Å². The van der Waals surface area contributed by atoms with Gasteiger partial charge in [0.25, 0.3) is 0 Å². The third-order valence-corrected chi connectivity index (χ3v) is 3.80. The highest BCUT2D eigenvalue weighted by atomic mass is 16.6. The summed E-state index contributed by atoms with van der Waals surface area (Å²) in [6.07, 6.45) is -4.02. The quantitative estimate of drug-likeness (QED) is 0.606. The molecule has 7 heteroatoms. The van der Waals surface area contributed by atoms with Crippen molar-refractivity contribution in [3.05, 3.63) is 35.9 Å². The van der Waals surface area contributed by atoms with Gasteiger partial charge in [-0.05, 0) is 12.5 Å². The Bertz CT molecular complexity index is 628. The minimum atomic E-state index is -0.973. The van der Waals surface area contributed by atoms with Crippen LogP contribution in [0.1, 0.15) is 39.4 Å². The summed E-state index contributed by atoms with van der Waals surface area (Å²) in [7, 11) is 0. The standard InChI is InChI=1S/C18H22O7/c1-10-15(23-11(2)19)17(24-12(3)20)18(25-13(4)21)16(22-10)14-8-6-5-7-9-14/h5-10,15-18H,1-4H3/t10-,15+,16+,17-,18+/m0/s1. The van der Waals surface area contributed by atoms with E-state index < -0.39 is 48.4 Å². The van der Waals surface area contributed by atoms with Gasteiger partial charge in [-0.1, -0.05) is 30.3 Å². The SMILES string of the molecule is CC(=O)O[C@H]1[C@H](OC(C)=O)[C@H](C)O[C@H](c2ccccc2)[C@H]1OC(C)=O. The Morgan fingerprint density at radius 3 is 1.80 bits per heavy atom. The lowest BCUT2D eigenvalue weighted by Gasteiger charge is -2.44. The Morgan fingerprint density at radius 1 is 0.800 bits per heavy atom. The number of hydrogen-bond acceptors (Lipinski definition) is 7. The van der Waals surface area contributed by atoms with Crippen LogP contribution in [0.25, 0.3) is 0 Å². The number of carbonyl (C=O) groups is 3. The molecule has 1 saturated heterocycles. The first-order valence-corrected chi connectivity index (χ1v) is 8.01. The maximum atomic E-state index is 11.6. The van der Waals surface area contributed by atoms with E-state index in [1.807, 2.05) is 30.3 Å². The average Bonchev–Trinajstić information content (AvgIpc) is 2.53. The Morgan fingerprint density at radius 2 is 1.28 bits per heavy atom. The highest BCUT2D eigenvalue weighted by Crippen LogP contribution is 2.37. The van der Waals surface area contributed by atoms with Crippen molar-refractivity contribution in [3.63, 3.8) is 0 Å². The second-order valence-corrected chi connectivity index (χ2v) is 5.89. The first-order valence-electron chi connectivity index (χ1n) is 8.01. The number of carbonyl (C=O) groups excluding carboxylic acids is 3. The van der Waals surface area contributed by atoms with Crippen molar-refractivity contribution >= 4 is 17.9 Å². The molecule has 1 aromatic carbocycles.